The van der Waals surface area contributed by atoms with Crippen molar-refractivity contribution < 1.29 is 0 Å². The van der Waals surface area contributed by atoms with E-state index in [1.54, 1.807) is 11.6 Å². The Morgan fingerprint density at radius 1 is 1.00 bits per heavy atom. The summed E-state index contributed by atoms with van der Waals surface area (Å²) in [5.41, 5.74) is 1.82. The third-order valence-electron chi connectivity index (χ3n) is 5.66. The first-order valence-corrected chi connectivity index (χ1v) is 10.2. The summed E-state index contributed by atoms with van der Waals surface area (Å²) in [4.78, 5) is 36.4. The Labute approximate surface area is 169 Å². The van der Waals surface area contributed by atoms with Crippen LogP contribution in [0.25, 0.3) is 11.0 Å². The second-order valence-corrected chi connectivity index (χ2v) is 8.24. The Hall–Kier alpha value is -2.96. The van der Waals surface area contributed by atoms with Crippen molar-refractivity contribution in [3.63, 3.8) is 0 Å². The zero-order valence-electron chi connectivity index (χ0n) is 17.2. The van der Waals surface area contributed by atoms with Crippen molar-refractivity contribution >= 4 is 17.0 Å². The number of nitrogens with zero attached hydrogens (tertiary/aromatic N) is 5. The van der Waals surface area contributed by atoms with Crippen LogP contribution < -0.4 is 16.0 Å². The molecule has 0 spiro atoms. The lowest BCUT2D eigenvalue weighted by Crippen LogP contribution is -2.45. The van der Waals surface area contributed by atoms with Crippen LogP contribution in [0.4, 0.5) is 5.95 Å². The van der Waals surface area contributed by atoms with E-state index in [4.69, 9.17) is 0 Å². The van der Waals surface area contributed by atoms with Gasteiger partial charge in [0.2, 0.25) is 5.95 Å². The van der Waals surface area contributed by atoms with Crippen LogP contribution in [-0.2, 0) is 13.5 Å². The molecule has 3 aromatic rings. The largest absolute Gasteiger partial charge is 0.341 e. The molecule has 0 N–H and O–H groups in total. The minimum Gasteiger partial charge on any atom is -0.341 e. The monoisotopic (exact) mass is 393 g/mol. The lowest BCUT2D eigenvalue weighted by atomic mass is 10.0. The van der Waals surface area contributed by atoms with Gasteiger partial charge in [-0.05, 0) is 42.9 Å². The summed E-state index contributed by atoms with van der Waals surface area (Å²) in [7, 11) is 1.65. The molecule has 2 aromatic heterocycles. The van der Waals surface area contributed by atoms with Gasteiger partial charge in [-0.2, -0.15) is 0 Å². The van der Waals surface area contributed by atoms with Crippen LogP contribution in [0.15, 0.2) is 46.2 Å². The average molecular weight is 393 g/mol. The van der Waals surface area contributed by atoms with Gasteiger partial charge in [0.1, 0.15) is 0 Å². The van der Waals surface area contributed by atoms with Gasteiger partial charge in [-0.1, -0.05) is 26.0 Å². The minimum atomic E-state index is -0.477. The van der Waals surface area contributed by atoms with E-state index >= 15 is 0 Å². The van der Waals surface area contributed by atoms with E-state index in [-0.39, 0.29) is 6.04 Å². The van der Waals surface area contributed by atoms with Crippen molar-refractivity contribution in [2.24, 2.45) is 13.0 Å². The molecule has 7 heteroatoms. The number of para-hydroxylation sites is 2. The second kappa shape index (κ2) is 7.81. The van der Waals surface area contributed by atoms with Crippen molar-refractivity contribution in [3.05, 3.63) is 62.9 Å². The highest BCUT2D eigenvalue weighted by molar-refractivity contribution is 5.75. The van der Waals surface area contributed by atoms with Gasteiger partial charge in [-0.15, -0.1) is 0 Å². The molecule has 0 aliphatic carbocycles. The van der Waals surface area contributed by atoms with Gasteiger partial charge in [0, 0.05) is 38.6 Å². The normalized spacial score (nSPS) is 15.4. The highest BCUT2D eigenvalue weighted by Gasteiger charge is 2.25. The second-order valence-electron chi connectivity index (χ2n) is 8.24. The van der Waals surface area contributed by atoms with Crippen molar-refractivity contribution in [1.82, 2.24) is 19.1 Å². The maximum absolute atomic E-state index is 12.8. The Kier molecular flexibility index (Phi) is 5.22. The molecule has 29 heavy (non-hydrogen) atoms. The van der Waals surface area contributed by atoms with Gasteiger partial charge in [0.15, 0.2) is 0 Å². The molecule has 0 radical (unpaired) electrons. The Bertz CT molecular complexity index is 1120. The Morgan fingerprint density at radius 2 is 1.62 bits per heavy atom. The summed E-state index contributed by atoms with van der Waals surface area (Å²) in [6.45, 7) is 5.87. The number of aromatic nitrogens is 4. The minimum absolute atomic E-state index is 0.00207. The molecule has 1 fully saturated rings. The summed E-state index contributed by atoms with van der Waals surface area (Å²) in [6.07, 6.45) is 6.34. The molecule has 1 aliphatic rings. The molecule has 0 saturated carbocycles. The molecular formula is C22H27N5O2. The van der Waals surface area contributed by atoms with Crippen LogP contribution in [0.3, 0.4) is 0 Å². The lowest BCUT2D eigenvalue weighted by Gasteiger charge is -2.33. The van der Waals surface area contributed by atoms with Crippen LogP contribution in [0.2, 0.25) is 0 Å². The zero-order chi connectivity index (χ0) is 20.5. The van der Waals surface area contributed by atoms with Crippen LogP contribution >= 0.6 is 0 Å². The van der Waals surface area contributed by atoms with Gasteiger partial charge in [-0.3, -0.25) is 14.2 Å². The van der Waals surface area contributed by atoms with E-state index in [1.165, 1.54) is 4.57 Å². The predicted octanol–water partition coefficient (Wildman–Crippen LogP) is 2.53. The molecule has 0 amide bonds. The van der Waals surface area contributed by atoms with E-state index in [9.17, 15) is 9.59 Å². The number of fused-ring (bicyclic) bond motifs is 1. The Morgan fingerprint density at radius 3 is 2.24 bits per heavy atom. The number of anilines is 1. The van der Waals surface area contributed by atoms with E-state index in [0.717, 1.165) is 54.9 Å². The highest BCUT2D eigenvalue weighted by Crippen LogP contribution is 2.26. The zero-order valence-corrected chi connectivity index (χ0v) is 17.2. The van der Waals surface area contributed by atoms with Crippen molar-refractivity contribution in [2.75, 3.05) is 18.0 Å². The van der Waals surface area contributed by atoms with Crippen LogP contribution in [0.5, 0.6) is 0 Å². The molecule has 1 saturated heterocycles. The molecule has 0 atom stereocenters. The van der Waals surface area contributed by atoms with Gasteiger partial charge < -0.3 is 9.47 Å². The highest BCUT2D eigenvalue weighted by atomic mass is 16.2. The fourth-order valence-electron chi connectivity index (χ4n) is 4.19. The molecule has 7 nitrogen and oxygen atoms in total. The van der Waals surface area contributed by atoms with E-state index in [0.29, 0.717) is 5.92 Å². The molecule has 3 heterocycles. The SMILES string of the molecule is CC(C)Cc1cnc(N2CCC(n3c(=O)c(=O)n(C)c4ccccc43)CC2)nc1. The number of rotatable bonds is 4. The van der Waals surface area contributed by atoms with Crippen molar-refractivity contribution in [2.45, 2.75) is 39.2 Å². The molecule has 152 valence electrons. The Balaban J connectivity index is 1.56. The number of piperidine rings is 1. The lowest BCUT2D eigenvalue weighted by molar-refractivity contribution is 0.391. The summed E-state index contributed by atoms with van der Waals surface area (Å²) in [5, 5.41) is 0. The first kappa shape index (κ1) is 19.4. The average Bonchev–Trinajstić information content (AvgIpc) is 2.73. The third-order valence-corrected chi connectivity index (χ3v) is 5.66. The first-order chi connectivity index (χ1) is 14.0. The fourth-order valence-corrected chi connectivity index (χ4v) is 4.19. The summed E-state index contributed by atoms with van der Waals surface area (Å²) in [5.74, 6) is 1.31. The standard InChI is InChI=1S/C22H27N5O2/c1-15(2)12-16-13-23-22(24-14-16)26-10-8-17(9-11-26)27-19-7-5-4-6-18(19)25(3)20(28)21(27)29/h4-7,13-15,17H,8-12H2,1-3H3. The van der Waals surface area contributed by atoms with Crippen molar-refractivity contribution in [1.29, 1.82) is 0 Å². The van der Waals surface area contributed by atoms with Crippen LogP contribution in [-0.4, -0.2) is 32.2 Å². The molecule has 4 rings (SSSR count). The van der Waals surface area contributed by atoms with Gasteiger partial charge >= 0.3 is 11.1 Å². The number of aryl methyl sites for hydroxylation is 1. The smallest absolute Gasteiger partial charge is 0.317 e. The summed E-state index contributed by atoms with van der Waals surface area (Å²) in [6, 6.07) is 7.59. The number of hydrogen-bond donors (Lipinski definition) is 0. The fraction of sp³-hybridized carbons (Fsp3) is 0.455. The summed E-state index contributed by atoms with van der Waals surface area (Å²) < 4.78 is 3.14. The van der Waals surface area contributed by atoms with Gasteiger partial charge in [-0.25, -0.2) is 9.97 Å². The predicted molar refractivity (Wildman–Crippen MR) is 115 cm³/mol. The van der Waals surface area contributed by atoms with Crippen LogP contribution in [0.1, 0.15) is 38.3 Å². The molecule has 1 aliphatic heterocycles. The van der Waals surface area contributed by atoms with E-state index in [2.05, 4.69) is 28.7 Å². The van der Waals surface area contributed by atoms with E-state index < -0.39 is 11.1 Å². The topological polar surface area (TPSA) is 73.0 Å². The van der Waals surface area contributed by atoms with Gasteiger partial charge in [0.25, 0.3) is 0 Å². The van der Waals surface area contributed by atoms with Crippen molar-refractivity contribution in [3.8, 4) is 0 Å². The third kappa shape index (κ3) is 3.69. The maximum Gasteiger partial charge on any atom is 0.317 e. The maximum atomic E-state index is 12.8. The van der Waals surface area contributed by atoms with E-state index in [1.807, 2.05) is 36.7 Å². The first-order valence-electron chi connectivity index (χ1n) is 10.2. The molecule has 0 unspecified atom stereocenters. The molecule has 0 bridgehead atoms. The van der Waals surface area contributed by atoms with Crippen LogP contribution in [0, 0.1) is 5.92 Å². The number of benzene rings is 1. The molecule has 1 aromatic carbocycles. The van der Waals surface area contributed by atoms with Gasteiger partial charge in [0.05, 0.1) is 11.0 Å². The number of hydrogen-bond acceptors (Lipinski definition) is 5. The quantitative estimate of drug-likeness (QED) is 0.637. The molecular weight excluding hydrogens is 366 g/mol. The summed E-state index contributed by atoms with van der Waals surface area (Å²) >= 11 is 0.